The van der Waals surface area contributed by atoms with Gasteiger partial charge in [0.05, 0.1) is 16.2 Å². The van der Waals surface area contributed by atoms with E-state index in [9.17, 15) is 25.3 Å². The van der Waals surface area contributed by atoms with E-state index in [0.717, 1.165) is 25.7 Å². The quantitative estimate of drug-likeness (QED) is 0.428. The molecule has 1 aromatic heterocycles. The molecule has 1 aliphatic rings. The molecule has 3 rings (SSSR count). The number of pyridine rings is 1. The molecule has 0 radical (unpaired) electrons. The molecule has 1 aliphatic carbocycles. The number of benzene rings is 1. The van der Waals surface area contributed by atoms with Crippen molar-refractivity contribution in [2.24, 2.45) is 4.99 Å². The highest BCUT2D eigenvalue weighted by atomic mass is 79.9. The number of aliphatic imine (C=N–C) groups is 1. The number of hydrogen-bond donors (Lipinski definition) is 1. The Morgan fingerprint density at radius 3 is 2.68 bits per heavy atom. The van der Waals surface area contributed by atoms with Crippen molar-refractivity contribution in [2.75, 3.05) is 0 Å². The van der Waals surface area contributed by atoms with Crippen molar-refractivity contribution in [3.63, 3.8) is 0 Å². The number of nitro groups is 1. The molecular weight excluding hydrogens is 428 g/mol. The van der Waals surface area contributed by atoms with Crippen molar-refractivity contribution in [3.05, 3.63) is 59.8 Å². The van der Waals surface area contributed by atoms with Gasteiger partial charge in [-0.05, 0) is 47.3 Å². The number of halogens is 1. The van der Waals surface area contributed by atoms with Crippen LogP contribution in [0.4, 0.5) is 11.4 Å². The predicted molar refractivity (Wildman–Crippen MR) is 107 cm³/mol. The first-order chi connectivity index (χ1) is 13.3. The molecule has 1 N–H and O–H groups in total. The Bertz CT molecular complexity index is 1080. The summed E-state index contributed by atoms with van der Waals surface area (Å²) in [5, 5.41) is 31.0. The molecule has 0 bridgehead atoms. The van der Waals surface area contributed by atoms with E-state index in [0.29, 0.717) is 15.7 Å². The zero-order valence-corrected chi connectivity index (χ0v) is 16.6. The number of nitrogens with zero attached hydrogens (tertiary/aromatic N) is 4. The van der Waals surface area contributed by atoms with Crippen molar-refractivity contribution in [1.82, 2.24) is 4.57 Å². The molecule has 0 spiro atoms. The third kappa shape index (κ3) is 3.55. The molecule has 1 heterocycles. The number of aromatic nitrogens is 1. The van der Waals surface area contributed by atoms with Crippen molar-refractivity contribution >= 4 is 33.5 Å². The highest BCUT2D eigenvalue weighted by Gasteiger charge is 2.25. The van der Waals surface area contributed by atoms with Crippen molar-refractivity contribution in [3.8, 4) is 11.9 Å². The van der Waals surface area contributed by atoms with Gasteiger partial charge in [0.1, 0.15) is 11.6 Å². The summed E-state index contributed by atoms with van der Waals surface area (Å²) >= 11 is 3.25. The molecule has 1 saturated carbocycles. The Hall–Kier alpha value is -2.99. The molecule has 28 heavy (non-hydrogen) atoms. The van der Waals surface area contributed by atoms with Gasteiger partial charge in [-0.15, -0.1) is 0 Å². The molecule has 1 aromatic carbocycles. The third-order valence-corrected chi connectivity index (χ3v) is 5.59. The maximum Gasteiger partial charge on any atom is 0.271 e. The molecule has 144 valence electrons. The molecule has 8 nitrogen and oxygen atoms in total. The number of nitro benzene ring substituents is 1. The lowest BCUT2D eigenvalue weighted by Gasteiger charge is -2.19. The Kier molecular flexibility index (Phi) is 5.61. The van der Waals surface area contributed by atoms with E-state index >= 15 is 0 Å². The molecule has 0 saturated heterocycles. The van der Waals surface area contributed by atoms with Crippen molar-refractivity contribution < 1.29 is 10.0 Å². The molecule has 2 aromatic rings. The fraction of sp³-hybridized carbons (Fsp3) is 0.316. The average Bonchev–Trinajstić information content (AvgIpc) is 3.17. The number of non-ortho nitro benzene ring substituents is 1. The largest absolute Gasteiger partial charge is 0.494 e. The van der Waals surface area contributed by atoms with Gasteiger partial charge >= 0.3 is 0 Å². The lowest BCUT2D eigenvalue weighted by Crippen LogP contribution is -2.28. The maximum atomic E-state index is 12.7. The average molecular weight is 445 g/mol. The SMILES string of the molecule is Cc1c(C=Nc2ccc([N+](=O)[O-])cc2Br)c(O)n(C2CCCC2)c(=O)c1C#N. The maximum absolute atomic E-state index is 12.7. The summed E-state index contributed by atoms with van der Waals surface area (Å²) in [6, 6.07) is 5.93. The van der Waals surface area contributed by atoms with Gasteiger partial charge in [0.25, 0.3) is 11.2 Å². The fourth-order valence-electron chi connectivity index (χ4n) is 3.44. The number of hydrogen-bond acceptors (Lipinski definition) is 6. The van der Waals surface area contributed by atoms with E-state index in [2.05, 4.69) is 20.9 Å². The van der Waals surface area contributed by atoms with Gasteiger partial charge in [0.2, 0.25) is 5.88 Å². The van der Waals surface area contributed by atoms with Gasteiger partial charge in [0.15, 0.2) is 0 Å². The smallest absolute Gasteiger partial charge is 0.271 e. The van der Waals surface area contributed by atoms with E-state index in [1.807, 2.05) is 6.07 Å². The van der Waals surface area contributed by atoms with Crippen LogP contribution in [0.2, 0.25) is 0 Å². The lowest BCUT2D eigenvalue weighted by molar-refractivity contribution is -0.384. The number of rotatable bonds is 4. The van der Waals surface area contributed by atoms with E-state index in [1.165, 1.54) is 29.0 Å². The van der Waals surface area contributed by atoms with Crippen LogP contribution in [0.1, 0.15) is 48.4 Å². The minimum absolute atomic E-state index is 0.0195. The number of aromatic hydroxyl groups is 1. The summed E-state index contributed by atoms with van der Waals surface area (Å²) < 4.78 is 1.71. The first kappa shape index (κ1) is 19.8. The zero-order chi connectivity index (χ0) is 20.4. The Morgan fingerprint density at radius 2 is 2.11 bits per heavy atom. The van der Waals surface area contributed by atoms with E-state index < -0.39 is 10.5 Å². The first-order valence-corrected chi connectivity index (χ1v) is 9.50. The second-order valence-electron chi connectivity index (χ2n) is 6.61. The minimum Gasteiger partial charge on any atom is -0.494 e. The predicted octanol–water partition coefficient (Wildman–Crippen LogP) is 4.27. The zero-order valence-electron chi connectivity index (χ0n) is 15.1. The standard InChI is InChI=1S/C19H17BrN4O4/c1-11-14(9-21)18(25)23(12-4-2-3-5-12)19(26)15(11)10-22-17-7-6-13(24(27)28)8-16(17)20/h6-8,10,12,26H,2-5H2,1H3. The van der Waals surface area contributed by atoms with Crippen LogP contribution in [-0.4, -0.2) is 20.8 Å². The molecule has 0 amide bonds. The summed E-state index contributed by atoms with van der Waals surface area (Å²) in [4.78, 5) is 27.3. The van der Waals surface area contributed by atoms with Gasteiger partial charge in [-0.25, -0.2) is 0 Å². The van der Waals surface area contributed by atoms with Crippen LogP contribution >= 0.6 is 15.9 Å². The van der Waals surface area contributed by atoms with Gasteiger partial charge in [-0.3, -0.25) is 24.5 Å². The molecule has 9 heteroatoms. The summed E-state index contributed by atoms with van der Waals surface area (Å²) in [5.41, 5.74) is 0.467. The van der Waals surface area contributed by atoms with Gasteiger partial charge in [0, 0.05) is 28.9 Å². The van der Waals surface area contributed by atoms with Crippen LogP contribution in [0.25, 0.3) is 0 Å². The Balaban J connectivity index is 2.10. The third-order valence-electron chi connectivity index (χ3n) is 4.96. The van der Waals surface area contributed by atoms with Crippen LogP contribution in [0.5, 0.6) is 5.88 Å². The Morgan fingerprint density at radius 1 is 1.43 bits per heavy atom. The molecule has 0 aliphatic heterocycles. The van der Waals surface area contributed by atoms with E-state index in [4.69, 9.17) is 0 Å². The topological polar surface area (TPSA) is 122 Å². The summed E-state index contributed by atoms with van der Waals surface area (Å²) in [6.45, 7) is 1.59. The van der Waals surface area contributed by atoms with Crippen LogP contribution in [-0.2, 0) is 0 Å². The highest BCUT2D eigenvalue weighted by molar-refractivity contribution is 9.10. The molecule has 1 fully saturated rings. The fourth-order valence-corrected chi connectivity index (χ4v) is 3.91. The van der Waals surface area contributed by atoms with Crippen LogP contribution in [0.3, 0.4) is 0 Å². The van der Waals surface area contributed by atoms with Crippen molar-refractivity contribution in [2.45, 2.75) is 38.6 Å². The Labute approximate surface area is 169 Å². The van der Waals surface area contributed by atoms with Crippen LogP contribution in [0.15, 0.2) is 32.5 Å². The summed E-state index contributed by atoms with van der Waals surface area (Å²) in [6.07, 6.45) is 4.84. The van der Waals surface area contributed by atoms with Gasteiger partial charge in [-0.2, -0.15) is 5.26 Å². The second kappa shape index (κ2) is 7.94. The van der Waals surface area contributed by atoms with Gasteiger partial charge < -0.3 is 5.11 Å². The van der Waals surface area contributed by atoms with E-state index in [-0.39, 0.29) is 28.7 Å². The summed E-state index contributed by atoms with van der Waals surface area (Å²) in [7, 11) is 0. The van der Waals surface area contributed by atoms with Crippen molar-refractivity contribution in [1.29, 1.82) is 5.26 Å². The molecule has 0 atom stereocenters. The summed E-state index contributed by atoms with van der Waals surface area (Å²) in [5.74, 6) is -0.213. The minimum atomic E-state index is -0.509. The lowest BCUT2D eigenvalue weighted by atomic mass is 10.0. The normalized spacial score (nSPS) is 14.5. The first-order valence-electron chi connectivity index (χ1n) is 8.71. The molecular formula is C19H17BrN4O4. The molecule has 0 unspecified atom stereocenters. The number of nitriles is 1. The van der Waals surface area contributed by atoms with E-state index in [1.54, 1.807) is 6.92 Å². The van der Waals surface area contributed by atoms with Crippen LogP contribution in [0, 0.1) is 28.4 Å². The second-order valence-corrected chi connectivity index (χ2v) is 7.47. The van der Waals surface area contributed by atoms with Gasteiger partial charge in [-0.1, -0.05) is 12.8 Å². The van der Waals surface area contributed by atoms with Crippen LogP contribution < -0.4 is 5.56 Å². The highest BCUT2D eigenvalue weighted by Crippen LogP contribution is 2.34. The monoisotopic (exact) mass is 444 g/mol.